The van der Waals surface area contributed by atoms with Crippen molar-refractivity contribution in [3.63, 3.8) is 0 Å². The van der Waals surface area contributed by atoms with Gasteiger partial charge in [-0.3, -0.25) is 0 Å². The lowest BCUT2D eigenvalue weighted by atomic mass is 9.51. The average molecular weight is 463 g/mol. The van der Waals surface area contributed by atoms with Crippen LogP contribution in [0.2, 0.25) is 0 Å². The van der Waals surface area contributed by atoms with Crippen LogP contribution in [-0.4, -0.2) is 98.9 Å². The smallest absolute Gasteiger partial charge is 0.335 e. The van der Waals surface area contributed by atoms with E-state index in [0.717, 1.165) is 36.9 Å². The van der Waals surface area contributed by atoms with E-state index < -0.39 is 48.9 Å². The first-order valence-electron chi connectivity index (χ1n) is 11.5. The Morgan fingerprint density at radius 2 is 1.94 bits per heavy atom. The van der Waals surface area contributed by atoms with Gasteiger partial charge >= 0.3 is 5.97 Å². The summed E-state index contributed by atoms with van der Waals surface area (Å²) in [6.07, 6.45) is -6.18. The molecule has 2 bridgehead atoms. The van der Waals surface area contributed by atoms with Gasteiger partial charge < -0.3 is 44.6 Å². The summed E-state index contributed by atoms with van der Waals surface area (Å²) < 4.78 is 17.6. The quantitative estimate of drug-likeness (QED) is 0.377. The molecule has 3 heterocycles. The fourth-order valence-corrected chi connectivity index (χ4v) is 7.07. The Balaban J connectivity index is 1.40. The molecule has 2 saturated heterocycles. The summed E-state index contributed by atoms with van der Waals surface area (Å²) in [6.45, 7) is 0.895. The minimum Gasteiger partial charge on any atom is -0.483 e. The summed E-state index contributed by atoms with van der Waals surface area (Å²) in [6, 6.07) is 4.03. The number of hydrogen-bond donors (Lipinski definition) is 5. The van der Waals surface area contributed by atoms with Crippen LogP contribution in [0.4, 0.5) is 0 Å². The molecule has 0 radical (unpaired) electrons. The van der Waals surface area contributed by atoms with Crippen molar-refractivity contribution in [2.45, 2.75) is 80.1 Å². The van der Waals surface area contributed by atoms with Gasteiger partial charge in [-0.25, -0.2) is 4.79 Å². The van der Waals surface area contributed by atoms with Gasteiger partial charge in [-0.1, -0.05) is 6.07 Å². The van der Waals surface area contributed by atoms with E-state index in [1.165, 1.54) is 0 Å². The average Bonchev–Trinajstić information content (AvgIpc) is 3.14. The minimum absolute atomic E-state index is 0.262. The predicted molar refractivity (Wildman–Crippen MR) is 111 cm³/mol. The molecule has 33 heavy (non-hydrogen) atoms. The lowest BCUT2D eigenvalue weighted by molar-refractivity contribution is -0.271. The van der Waals surface area contributed by atoms with Gasteiger partial charge in [-0.15, -0.1) is 0 Å². The number of aliphatic hydroxyl groups is 4. The fraction of sp³-hybridized carbons (Fsp3) is 0.696. The Morgan fingerprint density at radius 1 is 1.15 bits per heavy atom. The zero-order valence-corrected chi connectivity index (χ0v) is 18.2. The highest BCUT2D eigenvalue weighted by Gasteiger charge is 2.65. The van der Waals surface area contributed by atoms with Crippen molar-refractivity contribution in [1.82, 2.24) is 4.90 Å². The number of piperidine rings is 1. The summed E-state index contributed by atoms with van der Waals surface area (Å²) in [5, 5.41) is 50.7. The molecule has 6 rings (SSSR count). The Bertz CT molecular complexity index is 987. The molecule has 0 amide bonds. The highest BCUT2D eigenvalue weighted by Crippen LogP contribution is 2.63. The number of likely N-dealkylation sites (N-methyl/N-ethyl adjacent to an activating group) is 1. The molecule has 5 aliphatic rings. The van der Waals surface area contributed by atoms with Crippen LogP contribution < -0.4 is 9.47 Å². The van der Waals surface area contributed by atoms with Crippen molar-refractivity contribution in [2.24, 2.45) is 5.92 Å². The summed E-state index contributed by atoms with van der Waals surface area (Å²) in [7, 11) is 2.15. The second-order valence-corrected chi connectivity index (χ2v) is 10.1. The van der Waals surface area contributed by atoms with Crippen LogP contribution in [-0.2, 0) is 21.4 Å². The molecule has 10 atom stereocenters. The van der Waals surface area contributed by atoms with Crippen molar-refractivity contribution in [1.29, 1.82) is 0 Å². The number of aliphatic hydroxyl groups excluding tert-OH is 4. The molecule has 3 aliphatic heterocycles. The maximum absolute atomic E-state index is 11.5. The summed E-state index contributed by atoms with van der Waals surface area (Å²) in [5.74, 6) is -0.368. The normalized spacial score (nSPS) is 45.8. The summed E-state index contributed by atoms with van der Waals surface area (Å²) in [5.41, 5.74) is 1.87. The Labute approximate surface area is 190 Å². The zero-order valence-electron chi connectivity index (χ0n) is 18.2. The van der Waals surface area contributed by atoms with Crippen LogP contribution in [0.5, 0.6) is 11.5 Å². The van der Waals surface area contributed by atoms with Crippen LogP contribution in [0, 0.1) is 5.92 Å². The largest absolute Gasteiger partial charge is 0.483 e. The number of carboxylic acid groups (broad SMARTS) is 1. The first-order chi connectivity index (χ1) is 15.7. The van der Waals surface area contributed by atoms with Crippen LogP contribution in [0.3, 0.4) is 0 Å². The molecular formula is C23H29NO9. The molecule has 1 spiro atoms. The number of likely N-dealkylation sites (tertiary alicyclic amines) is 1. The van der Waals surface area contributed by atoms with Gasteiger partial charge in [0.05, 0.1) is 6.10 Å². The highest BCUT2D eigenvalue weighted by atomic mass is 16.7. The topological polar surface area (TPSA) is 149 Å². The molecule has 2 aliphatic carbocycles. The van der Waals surface area contributed by atoms with Crippen LogP contribution >= 0.6 is 0 Å². The van der Waals surface area contributed by atoms with Gasteiger partial charge in [0.1, 0.15) is 24.4 Å². The Morgan fingerprint density at radius 3 is 2.70 bits per heavy atom. The van der Waals surface area contributed by atoms with Crippen molar-refractivity contribution in [2.75, 3.05) is 13.6 Å². The maximum atomic E-state index is 11.5. The van der Waals surface area contributed by atoms with Gasteiger partial charge in [0, 0.05) is 17.0 Å². The standard InChI is InChI=1S/C23H29NO9/c1-24-7-6-23-10-3-4-12(25)20(23)32-18-13(5-2-9(14(18)23)8-11(10)24)31-22-17(28)15(26)16(27)19(33-22)21(29)30/h2,5,10-12,15-17,19-20,22,25-28H,3-4,6-8H2,1H3,(H,29,30)/t10-,11+,12-,15-,16-,17+,19-,20-,22?,23-/m0/s1. The molecular weight excluding hydrogens is 434 g/mol. The second-order valence-electron chi connectivity index (χ2n) is 10.1. The number of aliphatic carboxylic acids is 1. The fourth-order valence-electron chi connectivity index (χ4n) is 7.07. The lowest BCUT2D eigenvalue weighted by Gasteiger charge is -2.58. The van der Waals surface area contributed by atoms with E-state index >= 15 is 0 Å². The van der Waals surface area contributed by atoms with Crippen molar-refractivity contribution < 1.29 is 44.5 Å². The SMILES string of the molecule is CN1CC[C@]23c4c5ccc(OC6O[C@H](C(=O)O)[C@@H](O)[C@H](O)[C@H]6O)c4O[C@H]2[C@@H](O)CC[C@H]3[C@H]1C5. The maximum Gasteiger partial charge on any atom is 0.335 e. The third-order valence-corrected chi connectivity index (χ3v) is 8.60. The Kier molecular flexibility index (Phi) is 4.75. The monoisotopic (exact) mass is 463 g/mol. The van der Waals surface area contributed by atoms with Crippen LogP contribution in [0.15, 0.2) is 12.1 Å². The number of carbonyl (C=O) groups is 1. The highest BCUT2D eigenvalue weighted by molar-refractivity contribution is 5.73. The van der Waals surface area contributed by atoms with E-state index in [-0.39, 0.29) is 11.2 Å². The van der Waals surface area contributed by atoms with Gasteiger partial charge in [-0.05, 0) is 56.8 Å². The molecule has 0 aromatic heterocycles. The van der Waals surface area contributed by atoms with E-state index in [9.17, 15) is 30.3 Å². The number of hydrogen-bond acceptors (Lipinski definition) is 9. The lowest BCUT2D eigenvalue weighted by Crippen LogP contribution is -2.66. The van der Waals surface area contributed by atoms with Crippen LogP contribution in [0.25, 0.3) is 0 Å². The van der Waals surface area contributed by atoms with E-state index in [0.29, 0.717) is 24.1 Å². The van der Waals surface area contributed by atoms with E-state index in [2.05, 4.69) is 11.9 Å². The number of carboxylic acids is 1. The van der Waals surface area contributed by atoms with Gasteiger partial charge in [-0.2, -0.15) is 0 Å². The van der Waals surface area contributed by atoms with E-state index in [4.69, 9.17) is 14.2 Å². The molecule has 10 nitrogen and oxygen atoms in total. The van der Waals surface area contributed by atoms with E-state index in [1.54, 1.807) is 6.07 Å². The summed E-state index contributed by atoms with van der Waals surface area (Å²) in [4.78, 5) is 13.9. The first-order valence-corrected chi connectivity index (χ1v) is 11.5. The van der Waals surface area contributed by atoms with Crippen molar-refractivity contribution in [3.8, 4) is 11.5 Å². The molecule has 180 valence electrons. The molecule has 5 N–H and O–H groups in total. The molecule has 1 aromatic carbocycles. The number of rotatable bonds is 3. The van der Waals surface area contributed by atoms with Gasteiger partial charge in [0.2, 0.25) is 6.29 Å². The number of nitrogens with zero attached hydrogens (tertiary/aromatic N) is 1. The van der Waals surface area contributed by atoms with Gasteiger partial charge in [0.25, 0.3) is 0 Å². The minimum atomic E-state index is -1.79. The number of ether oxygens (including phenoxy) is 3. The van der Waals surface area contributed by atoms with Crippen molar-refractivity contribution in [3.05, 3.63) is 23.3 Å². The third kappa shape index (κ3) is 2.79. The van der Waals surface area contributed by atoms with Crippen LogP contribution in [0.1, 0.15) is 30.4 Å². The molecule has 1 unspecified atom stereocenters. The Hall–Kier alpha value is -1.95. The first kappa shape index (κ1) is 21.6. The number of benzene rings is 1. The van der Waals surface area contributed by atoms with E-state index in [1.807, 2.05) is 6.07 Å². The van der Waals surface area contributed by atoms with Gasteiger partial charge in [0.15, 0.2) is 17.6 Å². The molecule has 1 aromatic rings. The summed E-state index contributed by atoms with van der Waals surface area (Å²) >= 11 is 0. The molecule has 1 saturated carbocycles. The third-order valence-electron chi connectivity index (χ3n) is 8.60. The van der Waals surface area contributed by atoms with Crippen molar-refractivity contribution >= 4 is 5.97 Å². The predicted octanol–water partition coefficient (Wildman–Crippen LogP) is -1.01. The second kappa shape index (κ2) is 7.27. The zero-order chi connectivity index (χ0) is 23.2. The molecule has 10 heteroatoms. The molecule has 3 fully saturated rings.